The van der Waals surface area contributed by atoms with Gasteiger partial charge in [0, 0.05) is 12.7 Å². The lowest BCUT2D eigenvalue weighted by molar-refractivity contribution is -0.115. The predicted molar refractivity (Wildman–Crippen MR) is 108 cm³/mol. The number of amides is 3. The van der Waals surface area contributed by atoms with Crippen LogP contribution in [0.4, 0.5) is 10.6 Å². The van der Waals surface area contributed by atoms with Crippen LogP contribution in [0.25, 0.3) is 0 Å². The van der Waals surface area contributed by atoms with Crippen LogP contribution < -0.4 is 20.7 Å². The summed E-state index contributed by atoms with van der Waals surface area (Å²) < 4.78 is 5.92. The number of carbonyl (C=O) groups is 2. The standard InChI is InChI=1S/C21H32N4O3/c26-19(14-24-21(27)23-13-16-7-4-5-8-16)25-20-18(11-6-12-22-20)28-15-17-9-2-1-3-10-17/h6,11-12,16-17H,1-5,7-10,13-15H2,(H,22,25,26)(H2,23,24,27). The molecule has 3 amide bonds. The van der Waals surface area contributed by atoms with Gasteiger partial charge in [-0.3, -0.25) is 4.79 Å². The molecule has 3 rings (SSSR count). The first-order valence-electron chi connectivity index (χ1n) is 10.6. The number of ether oxygens (including phenoxy) is 1. The van der Waals surface area contributed by atoms with Crippen molar-refractivity contribution in [3.05, 3.63) is 18.3 Å². The zero-order chi connectivity index (χ0) is 19.6. The molecule has 0 aliphatic heterocycles. The summed E-state index contributed by atoms with van der Waals surface area (Å²) in [5.74, 6) is 1.79. The maximum atomic E-state index is 12.2. The molecular weight excluding hydrogens is 356 g/mol. The number of nitrogens with one attached hydrogen (secondary N) is 3. The van der Waals surface area contributed by atoms with Gasteiger partial charge in [0.1, 0.15) is 0 Å². The van der Waals surface area contributed by atoms with Crippen molar-refractivity contribution in [1.82, 2.24) is 15.6 Å². The number of hydrogen-bond donors (Lipinski definition) is 3. The molecule has 7 nitrogen and oxygen atoms in total. The Balaban J connectivity index is 1.39. The van der Waals surface area contributed by atoms with E-state index in [-0.39, 0.29) is 18.5 Å². The number of urea groups is 1. The first kappa shape index (κ1) is 20.4. The molecule has 2 saturated carbocycles. The molecule has 0 atom stereocenters. The van der Waals surface area contributed by atoms with Crippen molar-refractivity contribution >= 4 is 17.8 Å². The number of nitrogens with zero attached hydrogens (tertiary/aromatic N) is 1. The molecule has 0 unspecified atom stereocenters. The van der Waals surface area contributed by atoms with Gasteiger partial charge in [-0.05, 0) is 49.7 Å². The number of rotatable bonds is 8. The minimum Gasteiger partial charge on any atom is -0.489 e. The van der Waals surface area contributed by atoms with Crippen LogP contribution in [0.2, 0.25) is 0 Å². The van der Waals surface area contributed by atoms with Gasteiger partial charge < -0.3 is 20.7 Å². The highest BCUT2D eigenvalue weighted by Crippen LogP contribution is 2.27. The normalized spacial score (nSPS) is 17.9. The third-order valence-corrected chi connectivity index (χ3v) is 5.66. The van der Waals surface area contributed by atoms with Gasteiger partial charge in [-0.15, -0.1) is 0 Å². The number of anilines is 1. The molecule has 2 fully saturated rings. The summed E-state index contributed by atoms with van der Waals surface area (Å²) in [6, 6.07) is 3.30. The van der Waals surface area contributed by atoms with E-state index in [1.807, 2.05) is 6.07 Å². The van der Waals surface area contributed by atoms with Gasteiger partial charge in [-0.1, -0.05) is 32.1 Å². The summed E-state index contributed by atoms with van der Waals surface area (Å²) in [6.45, 7) is 1.22. The highest BCUT2D eigenvalue weighted by Gasteiger charge is 2.17. The molecule has 3 N–H and O–H groups in total. The van der Waals surface area contributed by atoms with Crippen LogP contribution in [0, 0.1) is 11.8 Å². The second-order valence-corrected chi connectivity index (χ2v) is 7.93. The van der Waals surface area contributed by atoms with Crippen LogP contribution in [0.15, 0.2) is 18.3 Å². The number of pyridine rings is 1. The molecule has 0 bridgehead atoms. The molecule has 28 heavy (non-hydrogen) atoms. The largest absolute Gasteiger partial charge is 0.489 e. The third kappa shape index (κ3) is 6.69. The Bertz CT molecular complexity index is 640. The fourth-order valence-electron chi connectivity index (χ4n) is 4.01. The first-order chi connectivity index (χ1) is 13.7. The Morgan fingerprint density at radius 3 is 2.50 bits per heavy atom. The average Bonchev–Trinajstić information content (AvgIpc) is 3.24. The molecular formula is C21H32N4O3. The zero-order valence-corrected chi connectivity index (χ0v) is 16.5. The summed E-state index contributed by atoms with van der Waals surface area (Å²) in [4.78, 5) is 28.3. The van der Waals surface area contributed by atoms with Crippen molar-refractivity contribution in [1.29, 1.82) is 0 Å². The van der Waals surface area contributed by atoms with Crippen molar-refractivity contribution in [2.75, 3.05) is 25.0 Å². The van der Waals surface area contributed by atoms with E-state index in [1.165, 1.54) is 57.8 Å². The molecule has 1 aromatic heterocycles. The third-order valence-electron chi connectivity index (χ3n) is 5.66. The fourth-order valence-corrected chi connectivity index (χ4v) is 4.01. The summed E-state index contributed by atoms with van der Waals surface area (Å²) in [5, 5.41) is 8.17. The minimum atomic E-state index is -0.322. The SMILES string of the molecule is O=C(CNC(=O)NCC1CCCC1)Nc1ncccc1OCC1CCCCC1. The second-order valence-electron chi connectivity index (χ2n) is 7.93. The van der Waals surface area contributed by atoms with Crippen molar-refractivity contribution in [3.8, 4) is 5.75 Å². The molecule has 0 saturated heterocycles. The van der Waals surface area contributed by atoms with Gasteiger partial charge in [0.05, 0.1) is 13.2 Å². The van der Waals surface area contributed by atoms with Crippen LogP contribution in [0.5, 0.6) is 5.75 Å². The lowest BCUT2D eigenvalue weighted by Gasteiger charge is -2.22. The Hall–Kier alpha value is -2.31. The minimum absolute atomic E-state index is 0.102. The number of carbonyl (C=O) groups excluding carboxylic acids is 2. The smallest absolute Gasteiger partial charge is 0.315 e. The van der Waals surface area contributed by atoms with Gasteiger partial charge in [-0.25, -0.2) is 9.78 Å². The molecule has 0 radical (unpaired) electrons. The molecule has 7 heteroatoms. The van der Waals surface area contributed by atoms with Crippen LogP contribution >= 0.6 is 0 Å². The highest BCUT2D eigenvalue weighted by atomic mass is 16.5. The van der Waals surface area contributed by atoms with Gasteiger partial charge >= 0.3 is 6.03 Å². The average molecular weight is 389 g/mol. The van der Waals surface area contributed by atoms with Gasteiger partial charge in [0.2, 0.25) is 5.91 Å². The summed E-state index contributed by atoms with van der Waals surface area (Å²) >= 11 is 0. The first-order valence-corrected chi connectivity index (χ1v) is 10.6. The van der Waals surface area contributed by atoms with E-state index in [0.29, 0.717) is 36.6 Å². The molecule has 2 aliphatic carbocycles. The molecule has 0 spiro atoms. The fraction of sp³-hybridized carbons (Fsp3) is 0.667. The van der Waals surface area contributed by atoms with Gasteiger partial charge in [-0.2, -0.15) is 0 Å². The molecule has 0 aromatic carbocycles. The Kier molecular flexibility index (Phi) is 7.94. The number of hydrogen-bond acceptors (Lipinski definition) is 4. The monoisotopic (exact) mass is 388 g/mol. The topological polar surface area (TPSA) is 92.4 Å². The van der Waals surface area contributed by atoms with E-state index in [0.717, 1.165) is 0 Å². The molecule has 154 valence electrons. The van der Waals surface area contributed by atoms with Crippen LogP contribution in [0.3, 0.4) is 0 Å². The molecule has 2 aliphatic rings. The van der Waals surface area contributed by atoms with E-state index in [1.54, 1.807) is 12.3 Å². The summed E-state index contributed by atoms with van der Waals surface area (Å²) in [5.41, 5.74) is 0. The van der Waals surface area contributed by atoms with Crippen molar-refractivity contribution < 1.29 is 14.3 Å². The van der Waals surface area contributed by atoms with E-state index >= 15 is 0 Å². The highest BCUT2D eigenvalue weighted by molar-refractivity contribution is 5.94. The number of aromatic nitrogens is 1. The lowest BCUT2D eigenvalue weighted by atomic mass is 9.90. The van der Waals surface area contributed by atoms with Crippen LogP contribution in [-0.2, 0) is 4.79 Å². The van der Waals surface area contributed by atoms with Gasteiger partial charge in [0.25, 0.3) is 0 Å². The Morgan fingerprint density at radius 2 is 1.71 bits per heavy atom. The maximum Gasteiger partial charge on any atom is 0.315 e. The van der Waals surface area contributed by atoms with E-state index < -0.39 is 0 Å². The van der Waals surface area contributed by atoms with Gasteiger partial charge in [0.15, 0.2) is 11.6 Å². The lowest BCUT2D eigenvalue weighted by Crippen LogP contribution is -2.41. The molecule has 1 aromatic rings. The zero-order valence-electron chi connectivity index (χ0n) is 16.5. The van der Waals surface area contributed by atoms with Crippen molar-refractivity contribution in [3.63, 3.8) is 0 Å². The van der Waals surface area contributed by atoms with E-state index in [2.05, 4.69) is 20.9 Å². The summed E-state index contributed by atoms with van der Waals surface area (Å²) in [7, 11) is 0. The maximum absolute atomic E-state index is 12.2. The summed E-state index contributed by atoms with van der Waals surface area (Å²) in [6.07, 6.45) is 12.7. The van der Waals surface area contributed by atoms with Crippen LogP contribution in [0.1, 0.15) is 57.8 Å². The van der Waals surface area contributed by atoms with Crippen LogP contribution in [-0.4, -0.2) is 36.6 Å². The predicted octanol–water partition coefficient (Wildman–Crippen LogP) is 3.47. The quantitative estimate of drug-likeness (QED) is 0.636. The second kappa shape index (κ2) is 10.9. The Morgan fingerprint density at radius 1 is 1.00 bits per heavy atom. The van der Waals surface area contributed by atoms with E-state index in [9.17, 15) is 9.59 Å². The molecule has 1 heterocycles. The van der Waals surface area contributed by atoms with Crippen molar-refractivity contribution in [2.45, 2.75) is 57.8 Å². The Labute approximate surface area is 167 Å². The van der Waals surface area contributed by atoms with Crippen molar-refractivity contribution in [2.24, 2.45) is 11.8 Å². The van der Waals surface area contributed by atoms with E-state index in [4.69, 9.17) is 4.74 Å².